The molecule has 4 rings (SSSR count). The highest BCUT2D eigenvalue weighted by molar-refractivity contribution is 6.00. The Bertz CT molecular complexity index is 1480. The summed E-state index contributed by atoms with van der Waals surface area (Å²) in [4.78, 5) is 24.4. The van der Waals surface area contributed by atoms with E-state index in [4.69, 9.17) is 4.74 Å². The van der Waals surface area contributed by atoms with Crippen LogP contribution in [0.3, 0.4) is 0 Å². The lowest BCUT2D eigenvalue weighted by molar-refractivity contribution is -0.116. The van der Waals surface area contributed by atoms with E-state index in [2.05, 4.69) is 21.3 Å². The van der Waals surface area contributed by atoms with Gasteiger partial charge in [-0.3, -0.25) is 4.79 Å². The highest BCUT2D eigenvalue weighted by Gasteiger charge is 2.36. The van der Waals surface area contributed by atoms with Crippen LogP contribution in [-0.2, 0) is 9.53 Å². The molecule has 1 aliphatic rings. The van der Waals surface area contributed by atoms with Gasteiger partial charge < -0.3 is 19.9 Å². The molecular formula is C35H44F2N4O3. The molecule has 236 valence electrons. The number of alkyl carbamates (subject to hydrolysis) is 1. The Hall–Kier alpha value is -3.93. The van der Waals surface area contributed by atoms with E-state index >= 15 is 0 Å². The molecule has 1 aliphatic carbocycles. The van der Waals surface area contributed by atoms with Gasteiger partial charge in [0.1, 0.15) is 5.60 Å². The predicted octanol–water partition coefficient (Wildman–Crippen LogP) is 9.12. The molecule has 3 aromatic rings. The molecule has 1 saturated carbocycles. The molecule has 7 nitrogen and oxygen atoms in total. The van der Waals surface area contributed by atoms with Crippen LogP contribution in [0, 0.1) is 11.3 Å². The predicted molar refractivity (Wildman–Crippen MR) is 170 cm³/mol. The van der Waals surface area contributed by atoms with Crippen molar-refractivity contribution >= 4 is 28.6 Å². The molecule has 9 heteroatoms. The molecular weight excluding hydrogens is 562 g/mol. The van der Waals surface area contributed by atoms with E-state index in [0.29, 0.717) is 37.1 Å². The topological polar surface area (TPSA) is 96.2 Å². The lowest BCUT2D eigenvalue weighted by Gasteiger charge is -2.29. The first-order chi connectivity index (χ1) is 20.9. The average molecular weight is 607 g/mol. The van der Waals surface area contributed by atoms with E-state index in [0.717, 1.165) is 60.6 Å². The van der Waals surface area contributed by atoms with Gasteiger partial charge in [0.2, 0.25) is 11.8 Å². The number of hydrogen-bond donors (Lipinski definition) is 2. The van der Waals surface area contributed by atoms with Crippen LogP contribution in [0.4, 0.5) is 19.3 Å². The highest BCUT2D eigenvalue weighted by atomic mass is 19.3. The number of fused-ring (bicyclic) bond motifs is 1. The fourth-order valence-corrected chi connectivity index (χ4v) is 5.77. The van der Waals surface area contributed by atoms with Crippen LogP contribution >= 0.6 is 0 Å². The summed E-state index contributed by atoms with van der Waals surface area (Å²) in [6.07, 6.45) is 8.21. The molecule has 2 amide bonds. The van der Waals surface area contributed by atoms with Crippen molar-refractivity contribution in [1.29, 1.82) is 5.26 Å². The van der Waals surface area contributed by atoms with Gasteiger partial charge >= 0.3 is 6.09 Å². The molecule has 0 saturated heterocycles. The molecule has 1 fully saturated rings. The van der Waals surface area contributed by atoms with Gasteiger partial charge in [-0.15, -0.1) is 0 Å². The number of rotatable bonds is 12. The summed E-state index contributed by atoms with van der Waals surface area (Å²) < 4.78 is 35.2. The molecule has 0 bridgehead atoms. The number of anilines is 1. The largest absolute Gasteiger partial charge is 0.444 e. The lowest BCUT2D eigenvalue weighted by Crippen LogP contribution is -2.32. The Balaban J connectivity index is 1.31. The number of amides is 2. The van der Waals surface area contributed by atoms with E-state index < -0.39 is 11.5 Å². The summed E-state index contributed by atoms with van der Waals surface area (Å²) in [7, 11) is 0. The number of carbonyl (C=O) groups is 2. The second kappa shape index (κ2) is 14.7. The van der Waals surface area contributed by atoms with Crippen LogP contribution < -0.4 is 10.6 Å². The molecule has 0 atom stereocenters. The zero-order valence-corrected chi connectivity index (χ0v) is 26.1. The Morgan fingerprint density at radius 1 is 1.02 bits per heavy atom. The maximum Gasteiger partial charge on any atom is 0.407 e. The van der Waals surface area contributed by atoms with Crippen LogP contribution in [0.25, 0.3) is 22.0 Å². The SMILES string of the molecule is CC(C)(C)OC(=O)NCCCCCCCCC(=O)Nc1ccc2c(-c3cccc(C#N)c3)cn(C3CCC(F)(F)CC3)c2c1. The number of nitrogens with zero attached hydrogens (tertiary/aromatic N) is 2. The summed E-state index contributed by atoms with van der Waals surface area (Å²) in [5, 5.41) is 16.1. The number of halogens is 2. The summed E-state index contributed by atoms with van der Waals surface area (Å²) in [5.41, 5.74) is 3.45. The van der Waals surface area contributed by atoms with Crippen molar-refractivity contribution in [3.63, 3.8) is 0 Å². The smallest absolute Gasteiger partial charge is 0.407 e. The Labute approximate surface area is 259 Å². The maximum atomic E-state index is 14.0. The zero-order chi connectivity index (χ0) is 31.7. The first kappa shape index (κ1) is 33.0. The third kappa shape index (κ3) is 9.54. The number of nitrogens with one attached hydrogen (secondary N) is 2. The Morgan fingerprint density at radius 3 is 2.43 bits per heavy atom. The number of nitriles is 1. The van der Waals surface area contributed by atoms with Gasteiger partial charge in [0, 0.05) is 54.7 Å². The van der Waals surface area contributed by atoms with Crippen molar-refractivity contribution in [1.82, 2.24) is 9.88 Å². The first-order valence-corrected chi connectivity index (χ1v) is 15.7. The third-order valence-corrected chi connectivity index (χ3v) is 8.00. The number of hydrogen-bond acceptors (Lipinski definition) is 4. The molecule has 2 aromatic carbocycles. The number of alkyl halides is 2. The van der Waals surface area contributed by atoms with Crippen molar-refractivity contribution in [2.45, 2.75) is 109 Å². The van der Waals surface area contributed by atoms with E-state index in [-0.39, 0.29) is 30.9 Å². The van der Waals surface area contributed by atoms with E-state index in [1.54, 1.807) is 6.07 Å². The molecule has 0 aliphatic heterocycles. The van der Waals surface area contributed by atoms with E-state index in [1.807, 2.05) is 63.4 Å². The number of carbonyl (C=O) groups excluding carboxylic acids is 2. The van der Waals surface area contributed by atoms with Crippen molar-refractivity contribution in [3.05, 3.63) is 54.2 Å². The summed E-state index contributed by atoms with van der Waals surface area (Å²) >= 11 is 0. The van der Waals surface area contributed by atoms with Crippen LogP contribution in [0.15, 0.2) is 48.7 Å². The minimum atomic E-state index is -2.62. The second-order valence-electron chi connectivity index (χ2n) is 12.8. The summed E-state index contributed by atoms with van der Waals surface area (Å²) in [5.74, 6) is -2.68. The van der Waals surface area contributed by atoms with Crippen molar-refractivity contribution in [3.8, 4) is 17.2 Å². The fraction of sp³-hybridized carbons (Fsp3) is 0.514. The van der Waals surface area contributed by atoms with Crippen LogP contribution in [0.2, 0.25) is 0 Å². The molecule has 0 unspecified atom stereocenters. The van der Waals surface area contributed by atoms with Gasteiger partial charge in [0.05, 0.1) is 17.1 Å². The molecule has 1 heterocycles. The second-order valence-corrected chi connectivity index (χ2v) is 12.8. The average Bonchev–Trinajstić information content (AvgIpc) is 3.34. The van der Waals surface area contributed by atoms with Crippen molar-refractivity contribution in [2.24, 2.45) is 0 Å². The normalized spacial score (nSPS) is 15.1. The van der Waals surface area contributed by atoms with Crippen LogP contribution in [0.5, 0.6) is 0 Å². The highest BCUT2D eigenvalue weighted by Crippen LogP contribution is 2.42. The van der Waals surface area contributed by atoms with Gasteiger partial charge in [-0.2, -0.15) is 5.26 Å². The third-order valence-electron chi connectivity index (χ3n) is 8.00. The number of aromatic nitrogens is 1. The number of unbranched alkanes of at least 4 members (excludes halogenated alkanes) is 5. The quantitative estimate of drug-likeness (QED) is 0.201. The van der Waals surface area contributed by atoms with Gasteiger partial charge in [-0.05, 0) is 76.3 Å². The van der Waals surface area contributed by atoms with E-state index in [9.17, 15) is 23.6 Å². The first-order valence-electron chi connectivity index (χ1n) is 15.7. The lowest BCUT2D eigenvalue weighted by atomic mass is 9.92. The number of ether oxygens (including phenoxy) is 1. The van der Waals surface area contributed by atoms with Gasteiger partial charge in [-0.25, -0.2) is 13.6 Å². The molecule has 1 aromatic heterocycles. The summed E-state index contributed by atoms with van der Waals surface area (Å²) in [6, 6.07) is 15.3. The van der Waals surface area contributed by atoms with Gasteiger partial charge in [0.15, 0.2) is 0 Å². The fourth-order valence-electron chi connectivity index (χ4n) is 5.77. The summed E-state index contributed by atoms with van der Waals surface area (Å²) in [6.45, 7) is 6.10. The van der Waals surface area contributed by atoms with Crippen molar-refractivity contribution < 1.29 is 23.1 Å². The monoisotopic (exact) mass is 606 g/mol. The van der Waals surface area contributed by atoms with E-state index in [1.165, 1.54) is 0 Å². The Morgan fingerprint density at radius 2 is 1.73 bits per heavy atom. The maximum absolute atomic E-state index is 14.0. The standard InChI is InChI=1S/C35H44F2N4O3/c1-34(2,3)44-33(43)39-20-9-7-5-4-6-8-13-32(42)40-27-14-15-29-30(26-12-10-11-25(21-26)23-38)24-41(31(29)22-27)28-16-18-35(36,37)19-17-28/h10-12,14-15,21-22,24,28H,4-9,13,16-20H2,1-3H3,(H,39,43)(H,40,42). The zero-order valence-electron chi connectivity index (χ0n) is 26.1. The van der Waals surface area contributed by atoms with Gasteiger partial charge in [0.25, 0.3) is 0 Å². The minimum Gasteiger partial charge on any atom is -0.444 e. The van der Waals surface area contributed by atoms with Crippen LogP contribution in [-0.4, -0.2) is 34.6 Å². The van der Waals surface area contributed by atoms with Crippen LogP contribution in [0.1, 0.15) is 103 Å². The molecule has 44 heavy (non-hydrogen) atoms. The molecule has 2 N–H and O–H groups in total. The molecule has 0 spiro atoms. The number of benzene rings is 2. The van der Waals surface area contributed by atoms with Crippen molar-refractivity contribution in [2.75, 3.05) is 11.9 Å². The van der Waals surface area contributed by atoms with Gasteiger partial charge in [-0.1, -0.05) is 43.9 Å². The Kier molecular flexibility index (Phi) is 11.0. The molecule has 0 radical (unpaired) electrons. The minimum absolute atomic E-state index is 0.0525.